The molecule has 0 spiro atoms. The molecule has 0 bridgehead atoms. The molecule has 2 aliphatic heterocycles. The third-order valence-corrected chi connectivity index (χ3v) is 7.99. The van der Waals surface area contributed by atoms with Gasteiger partial charge in [0.25, 0.3) is 35.4 Å². The molecule has 10 nitrogen and oxygen atoms in total. The van der Waals surface area contributed by atoms with Crippen LogP contribution in [0.4, 0.5) is 22.7 Å². The maximum absolute atomic E-state index is 12.8. The fourth-order valence-corrected chi connectivity index (χ4v) is 5.50. The Morgan fingerprint density at radius 2 is 0.851 bits per heavy atom. The number of nitrogens with zero attached hydrogens (tertiary/aromatic N) is 2. The Balaban J connectivity index is 1.06. The number of hydrogen-bond donors (Lipinski definition) is 2. The van der Waals surface area contributed by atoms with Crippen LogP contribution in [-0.2, 0) is 25.6 Å². The Labute approximate surface area is 277 Å². The highest BCUT2D eigenvalue weighted by Gasteiger charge is 2.26. The summed E-state index contributed by atoms with van der Waals surface area (Å²) in [5.74, 6) is -2.62. The molecule has 6 amide bonds. The van der Waals surface area contributed by atoms with Crippen molar-refractivity contribution in [2.45, 2.75) is 6.42 Å². The van der Waals surface area contributed by atoms with Crippen molar-refractivity contribution in [3.8, 4) is 0 Å². The molecule has 2 aliphatic rings. The van der Waals surface area contributed by atoms with Crippen molar-refractivity contribution in [1.29, 1.82) is 0 Å². The van der Waals surface area contributed by atoms with Crippen LogP contribution < -0.4 is 20.4 Å². The van der Waals surface area contributed by atoms with E-state index in [1.165, 1.54) is 72.8 Å². The lowest BCUT2D eigenvalue weighted by Crippen LogP contribution is -2.29. The molecule has 2 heterocycles. The van der Waals surface area contributed by atoms with Crippen LogP contribution in [-0.4, -0.2) is 35.4 Å². The minimum Gasteiger partial charge on any atom is -0.321 e. The molecule has 2 N–H and O–H groups in total. The summed E-state index contributed by atoms with van der Waals surface area (Å²) in [7, 11) is 0. The van der Waals surface area contributed by atoms with Crippen LogP contribution in [0.2, 0.25) is 10.0 Å². The van der Waals surface area contributed by atoms with Crippen LogP contribution in [0.1, 0.15) is 31.8 Å². The van der Waals surface area contributed by atoms with Gasteiger partial charge in [0.2, 0.25) is 0 Å². The summed E-state index contributed by atoms with van der Waals surface area (Å²) in [6.45, 7) is 0. The van der Waals surface area contributed by atoms with Gasteiger partial charge in [-0.05, 0) is 90.3 Å². The van der Waals surface area contributed by atoms with Crippen molar-refractivity contribution in [2.75, 3.05) is 20.4 Å². The van der Waals surface area contributed by atoms with E-state index in [0.717, 1.165) is 20.9 Å². The highest BCUT2D eigenvalue weighted by Crippen LogP contribution is 2.29. The standard InChI is InChI=1S/C35H22Cl2N4O6/c36-26-18-20(1-11-28(26)38-34(46)22-3-7-24(8-4-22)40-30(42)13-14-31(40)43)17-21-2-12-29(27(37)19-21)39-35(47)23-5-9-25(10-6-23)41-32(44)15-16-33(41)45/h1-16,18-19H,17H2,(H,38,46)(H,39,47). The average molecular weight is 665 g/mol. The molecule has 0 fully saturated rings. The van der Waals surface area contributed by atoms with Gasteiger partial charge < -0.3 is 10.6 Å². The van der Waals surface area contributed by atoms with Crippen molar-refractivity contribution in [1.82, 2.24) is 0 Å². The zero-order valence-electron chi connectivity index (χ0n) is 24.2. The number of nitrogens with one attached hydrogen (secondary N) is 2. The summed E-state index contributed by atoms with van der Waals surface area (Å²) in [5, 5.41) is 6.18. The molecule has 0 saturated carbocycles. The van der Waals surface area contributed by atoms with Crippen molar-refractivity contribution >= 4 is 81.4 Å². The molecule has 0 saturated heterocycles. The van der Waals surface area contributed by atoms with E-state index in [0.29, 0.717) is 50.3 Å². The molecule has 6 rings (SSSR count). The minimum atomic E-state index is -0.445. The summed E-state index contributed by atoms with van der Waals surface area (Å²) in [5.41, 5.74) is 3.85. The van der Waals surface area contributed by atoms with Gasteiger partial charge >= 0.3 is 0 Å². The van der Waals surface area contributed by atoms with E-state index in [-0.39, 0.29) is 0 Å². The first-order valence-corrected chi connectivity index (χ1v) is 14.8. The Bertz CT molecular complexity index is 1870. The van der Waals surface area contributed by atoms with E-state index < -0.39 is 35.4 Å². The predicted molar refractivity (Wildman–Crippen MR) is 178 cm³/mol. The van der Waals surface area contributed by atoms with Gasteiger partial charge in [0.1, 0.15) is 0 Å². The summed E-state index contributed by atoms with van der Waals surface area (Å²) in [6.07, 6.45) is 5.22. The van der Waals surface area contributed by atoms with Gasteiger partial charge in [0.15, 0.2) is 0 Å². The van der Waals surface area contributed by atoms with E-state index in [2.05, 4.69) is 10.6 Å². The molecule has 0 aromatic heterocycles. The third-order valence-electron chi connectivity index (χ3n) is 7.37. The average Bonchev–Trinajstić information content (AvgIpc) is 3.58. The number of hydrogen-bond acceptors (Lipinski definition) is 6. The lowest BCUT2D eigenvalue weighted by atomic mass is 10.0. The first-order chi connectivity index (χ1) is 22.6. The van der Waals surface area contributed by atoms with Gasteiger partial charge in [0, 0.05) is 35.4 Å². The minimum absolute atomic E-state index is 0.312. The number of amides is 6. The molecule has 0 unspecified atom stereocenters. The van der Waals surface area contributed by atoms with Gasteiger partial charge in [-0.2, -0.15) is 0 Å². The Morgan fingerprint density at radius 3 is 1.17 bits per heavy atom. The monoisotopic (exact) mass is 664 g/mol. The summed E-state index contributed by atoms with van der Waals surface area (Å²) in [4.78, 5) is 75.2. The van der Waals surface area contributed by atoms with Gasteiger partial charge in [-0.3, -0.25) is 28.8 Å². The van der Waals surface area contributed by atoms with Crippen LogP contribution in [0.5, 0.6) is 0 Å². The number of halogens is 2. The third kappa shape index (κ3) is 6.60. The zero-order chi connectivity index (χ0) is 33.2. The summed E-state index contributed by atoms with van der Waals surface area (Å²) >= 11 is 13.0. The first-order valence-electron chi connectivity index (χ1n) is 14.1. The highest BCUT2D eigenvalue weighted by molar-refractivity contribution is 6.34. The van der Waals surface area contributed by atoms with E-state index in [1.54, 1.807) is 24.3 Å². The second-order valence-corrected chi connectivity index (χ2v) is 11.3. The number of rotatable bonds is 8. The number of benzene rings is 4. The lowest BCUT2D eigenvalue weighted by Gasteiger charge is -2.14. The van der Waals surface area contributed by atoms with Gasteiger partial charge in [-0.15, -0.1) is 0 Å². The van der Waals surface area contributed by atoms with Gasteiger partial charge in [-0.25, -0.2) is 9.80 Å². The second kappa shape index (κ2) is 12.9. The fraction of sp³-hybridized carbons (Fsp3) is 0.0286. The second-order valence-electron chi connectivity index (χ2n) is 10.5. The van der Waals surface area contributed by atoms with Crippen LogP contribution >= 0.6 is 23.2 Å². The molecule has 0 atom stereocenters. The Kier molecular flexibility index (Phi) is 8.53. The SMILES string of the molecule is O=C(Nc1ccc(Cc2ccc(NC(=O)c3ccc(N4C(=O)C=CC4=O)cc3)c(Cl)c2)cc1Cl)c1ccc(N2C(=O)C=CC2=O)cc1. The number of carbonyl (C=O) groups excluding carboxylic acids is 6. The smallest absolute Gasteiger partial charge is 0.258 e. The molecule has 12 heteroatoms. The van der Waals surface area contributed by atoms with Crippen LogP contribution in [0.3, 0.4) is 0 Å². The number of anilines is 4. The van der Waals surface area contributed by atoms with E-state index in [1.807, 2.05) is 12.1 Å². The van der Waals surface area contributed by atoms with Crippen molar-refractivity contribution < 1.29 is 28.8 Å². The van der Waals surface area contributed by atoms with Gasteiger partial charge in [0.05, 0.1) is 32.8 Å². The van der Waals surface area contributed by atoms with Crippen LogP contribution in [0, 0.1) is 0 Å². The van der Waals surface area contributed by atoms with Crippen LogP contribution in [0.25, 0.3) is 0 Å². The van der Waals surface area contributed by atoms with Gasteiger partial charge in [-0.1, -0.05) is 35.3 Å². The normalized spacial score (nSPS) is 13.9. The molecule has 232 valence electrons. The van der Waals surface area contributed by atoms with Crippen molar-refractivity contribution in [3.05, 3.63) is 142 Å². The van der Waals surface area contributed by atoms with E-state index >= 15 is 0 Å². The molecule has 4 aromatic carbocycles. The number of carbonyl (C=O) groups is 6. The molecule has 0 radical (unpaired) electrons. The molecule has 47 heavy (non-hydrogen) atoms. The Morgan fingerprint density at radius 1 is 0.511 bits per heavy atom. The topological polar surface area (TPSA) is 133 Å². The molecular weight excluding hydrogens is 643 g/mol. The largest absolute Gasteiger partial charge is 0.321 e. The highest BCUT2D eigenvalue weighted by atomic mass is 35.5. The molecule has 4 aromatic rings. The maximum atomic E-state index is 12.8. The predicted octanol–water partition coefficient (Wildman–Crippen LogP) is 5.95. The maximum Gasteiger partial charge on any atom is 0.258 e. The quantitative estimate of drug-likeness (QED) is 0.224. The van der Waals surface area contributed by atoms with Crippen molar-refractivity contribution in [2.24, 2.45) is 0 Å². The summed E-state index contributed by atoms with van der Waals surface area (Å²) < 4.78 is 0. The van der Waals surface area contributed by atoms with E-state index in [4.69, 9.17) is 23.2 Å². The fourth-order valence-electron chi connectivity index (χ4n) is 5.00. The summed E-state index contributed by atoms with van der Waals surface area (Å²) in [6, 6.07) is 22.6. The lowest BCUT2D eigenvalue weighted by molar-refractivity contribution is -0.121. The van der Waals surface area contributed by atoms with E-state index in [9.17, 15) is 28.8 Å². The molecule has 0 aliphatic carbocycles. The van der Waals surface area contributed by atoms with Crippen LogP contribution in [0.15, 0.2) is 109 Å². The Hall–Kier alpha value is -5.84. The number of imide groups is 2. The zero-order valence-corrected chi connectivity index (χ0v) is 25.7. The first kappa shape index (κ1) is 31.2. The molecular formula is C35H22Cl2N4O6. The van der Waals surface area contributed by atoms with Crippen molar-refractivity contribution in [3.63, 3.8) is 0 Å².